The molecule has 0 radical (unpaired) electrons. The molecule has 2 fully saturated rings. The maximum atomic E-state index is 12.7. The van der Waals surface area contributed by atoms with E-state index >= 15 is 0 Å². The molecule has 0 saturated carbocycles. The molecule has 0 aliphatic carbocycles. The second-order valence-electron chi connectivity index (χ2n) is 8.39. The molecule has 2 atom stereocenters. The van der Waals surface area contributed by atoms with Crippen LogP contribution in [-0.2, 0) is 27.7 Å². The highest BCUT2D eigenvalue weighted by Crippen LogP contribution is 2.41. The third-order valence-electron chi connectivity index (χ3n) is 5.85. The number of hydrogen-bond donors (Lipinski definition) is 0. The summed E-state index contributed by atoms with van der Waals surface area (Å²) in [6, 6.07) is 26.7. The molecule has 34 heavy (non-hydrogen) atoms. The summed E-state index contributed by atoms with van der Waals surface area (Å²) in [7, 11) is -3.12. The molecule has 174 valence electrons. The lowest BCUT2D eigenvalue weighted by Crippen LogP contribution is -2.37. The lowest BCUT2D eigenvalue weighted by atomic mass is 10.1. The van der Waals surface area contributed by atoms with E-state index in [0.717, 1.165) is 16.8 Å². The van der Waals surface area contributed by atoms with Crippen LogP contribution in [0.15, 0.2) is 89.9 Å². The van der Waals surface area contributed by atoms with Gasteiger partial charge in [0.25, 0.3) is 5.91 Å². The first-order valence-electron chi connectivity index (χ1n) is 11.1. The van der Waals surface area contributed by atoms with Crippen molar-refractivity contribution in [3.05, 3.63) is 96.1 Å². The minimum Gasteiger partial charge on any atom is -0.489 e. The molecule has 8 heteroatoms. The van der Waals surface area contributed by atoms with Crippen molar-refractivity contribution in [3.63, 3.8) is 0 Å². The maximum Gasteiger partial charge on any atom is 0.252 e. The Morgan fingerprint density at radius 3 is 2.24 bits per heavy atom. The van der Waals surface area contributed by atoms with E-state index < -0.39 is 9.84 Å². The second-order valence-corrected chi connectivity index (χ2v) is 11.7. The number of amides is 1. The average molecular weight is 493 g/mol. The molecular weight excluding hydrogens is 468 g/mol. The van der Waals surface area contributed by atoms with Crippen LogP contribution in [0.1, 0.15) is 11.1 Å². The second kappa shape index (κ2) is 9.64. The molecule has 2 aliphatic rings. The normalized spacial score (nSPS) is 22.0. The average Bonchev–Trinajstić information content (AvgIpc) is 3.30. The van der Waals surface area contributed by atoms with Crippen LogP contribution in [0.3, 0.4) is 0 Å². The van der Waals surface area contributed by atoms with E-state index in [4.69, 9.17) is 4.74 Å². The van der Waals surface area contributed by atoms with E-state index in [-0.39, 0.29) is 35.1 Å². The first kappa shape index (κ1) is 22.7. The number of thioether (sulfide) groups is 1. The predicted molar refractivity (Wildman–Crippen MR) is 136 cm³/mol. The Balaban J connectivity index is 1.36. The highest BCUT2D eigenvalue weighted by molar-refractivity contribution is 8.16. The molecule has 0 unspecified atom stereocenters. The number of amidine groups is 1. The van der Waals surface area contributed by atoms with Crippen molar-refractivity contribution in [2.45, 2.75) is 24.3 Å². The molecular formula is C26H24N2O4S2. The van der Waals surface area contributed by atoms with E-state index in [9.17, 15) is 13.2 Å². The summed E-state index contributed by atoms with van der Waals surface area (Å²) in [5, 5.41) is 0.422. The fourth-order valence-corrected chi connectivity index (χ4v) is 8.16. The van der Waals surface area contributed by atoms with Gasteiger partial charge in [-0.2, -0.15) is 4.99 Å². The van der Waals surface area contributed by atoms with Crippen molar-refractivity contribution in [3.8, 4) is 5.75 Å². The first-order chi connectivity index (χ1) is 16.5. The van der Waals surface area contributed by atoms with Gasteiger partial charge in [0.15, 0.2) is 15.0 Å². The summed E-state index contributed by atoms with van der Waals surface area (Å²) in [4.78, 5) is 19.0. The Bertz CT molecular complexity index is 1290. The van der Waals surface area contributed by atoms with Crippen molar-refractivity contribution in [1.82, 2.24) is 0 Å². The molecule has 3 aromatic carbocycles. The fraction of sp³-hybridized carbons (Fsp3) is 0.231. The number of aliphatic imine (C=N–C) groups is 1. The molecule has 3 aromatic rings. The molecule has 0 spiro atoms. The lowest BCUT2D eigenvalue weighted by molar-refractivity contribution is -0.117. The number of carbonyl (C=O) groups excluding carboxylic acids is 1. The predicted octanol–water partition coefficient (Wildman–Crippen LogP) is 4.11. The van der Waals surface area contributed by atoms with Gasteiger partial charge in [0.05, 0.1) is 24.0 Å². The van der Waals surface area contributed by atoms with Crippen LogP contribution < -0.4 is 9.64 Å². The molecule has 2 heterocycles. The lowest BCUT2D eigenvalue weighted by Gasteiger charge is -2.24. The Morgan fingerprint density at radius 2 is 1.56 bits per heavy atom. The summed E-state index contributed by atoms with van der Waals surface area (Å²) >= 11 is 1.38. The van der Waals surface area contributed by atoms with Gasteiger partial charge >= 0.3 is 0 Å². The van der Waals surface area contributed by atoms with Crippen LogP contribution in [0.2, 0.25) is 0 Å². The summed E-state index contributed by atoms with van der Waals surface area (Å²) < 4.78 is 30.5. The van der Waals surface area contributed by atoms with Gasteiger partial charge in [-0.05, 0) is 35.4 Å². The van der Waals surface area contributed by atoms with Gasteiger partial charge < -0.3 is 9.64 Å². The molecule has 0 bridgehead atoms. The zero-order valence-electron chi connectivity index (χ0n) is 18.4. The number of rotatable bonds is 6. The van der Waals surface area contributed by atoms with Crippen molar-refractivity contribution in [2.24, 2.45) is 4.99 Å². The molecule has 2 aliphatic heterocycles. The number of carbonyl (C=O) groups is 1. The first-order valence-corrected chi connectivity index (χ1v) is 13.8. The van der Waals surface area contributed by atoms with Crippen LogP contribution in [0, 0.1) is 0 Å². The van der Waals surface area contributed by atoms with E-state index in [2.05, 4.69) is 4.99 Å². The minimum atomic E-state index is -3.12. The molecule has 6 nitrogen and oxygen atoms in total. The Labute approximate surface area is 203 Å². The number of sulfone groups is 1. The number of fused-ring (bicyclic) bond motifs is 1. The Hall–Kier alpha value is -3.10. The summed E-state index contributed by atoms with van der Waals surface area (Å²) in [5.74, 6) is 0.629. The van der Waals surface area contributed by atoms with E-state index in [1.54, 1.807) is 0 Å². The molecule has 2 saturated heterocycles. The monoisotopic (exact) mass is 492 g/mol. The van der Waals surface area contributed by atoms with Gasteiger partial charge in [0.1, 0.15) is 12.4 Å². The third-order valence-corrected chi connectivity index (χ3v) is 9.06. The smallest absolute Gasteiger partial charge is 0.252 e. The van der Waals surface area contributed by atoms with Crippen LogP contribution in [0.5, 0.6) is 5.75 Å². The quantitative estimate of drug-likeness (QED) is 0.516. The number of anilines is 1. The summed E-state index contributed by atoms with van der Waals surface area (Å²) in [5.41, 5.74) is 2.78. The minimum absolute atomic E-state index is 0.0584. The van der Waals surface area contributed by atoms with E-state index in [0.29, 0.717) is 17.5 Å². The summed E-state index contributed by atoms with van der Waals surface area (Å²) in [6.07, 6.45) is 0.207. The van der Waals surface area contributed by atoms with Crippen LogP contribution in [-0.4, -0.2) is 42.3 Å². The zero-order valence-corrected chi connectivity index (χ0v) is 20.0. The highest BCUT2D eigenvalue weighted by atomic mass is 32.2. The van der Waals surface area contributed by atoms with Gasteiger partial charge in [-0.3, -0.25) is 4.79 Å². The maximum absolute atomic E-state index is 12.7. The third kappa shape index (κ3) is 5.18. The fourth-order valence-electron chi connectivity index (χ4n) is 4.23. The van der Waals surface area contributed by atoms with Gasteiger partial charge in [-0.15, -0.1) is 0 Å². The number of benzene rings is 3. The topological polar surface area (TPSA) is 76.0 Å². The van der Waals surface area contributed by atoms with E-state index in [1.807, 2.05) is 89.8 Å². The number of ether oxygens (including phenoxy) is 1. The van der Waals surface area contributed by atoms with Gasteiger partial charge in [-0.25, -0.2) is 8.42 Å². The molecule has 1 amide bonds. The van der Waals surface area contributed by atoms with Crippen molar-refractivity contribution >= 4 is 38.4 Å². The van der Waals surface area contributed by atoms with Crippen LogP contribution in [0.25, 0.3) is 0 Å². The van der Waals surface area contributed by atoms with Crippen LogP contribution >= 0.6 is 11.8 Å². The Kier molecular flexibility index (Phi) is 6.43. The largest absolute Gasteiger partial charge is 0.489 e. The Morgan fingerprint density at radius 1 is 0.912 bits per heavy atom. The number of hydrogen-bond acceptors (Lipinski definition) is 5. The molecule has 5 rings (SSSR count). The zero-order chi connectivity index (χ0) is 23.5. The van der Waals surface area contributed by atoms with Gasteiger partial charge in [0, 0.05) is 10.9 Å². The van der Waals surface area contributed by atoms with Gasteiger partial charge in [0.2, 0.25) is 0 Å². The van der Waals surface area contributed by atoms with Crippen molar-refractivity contribution in [2.75, 3.05) is 16.4 Å². The van der Waals surface area contributed by atoms with E-state index in [1.165, 1.54) is 11.8 Å². The SMILES string of the molecule is O=C(Cc1ccccc1)N=C1S[C@@H]2CS(=O)(=O)C[C@@H]2N1c1ccc(OCc2ccccc2)cc1. The summed E-state index contributed by atoms with van der Waals surface area (Å²) in [6.45, 7) is 0.462. The van der Waals surface area contributed by atoms with Gasteiger partial charge in [-0.1, -0.05) is 72.4 Å². The number of nitrogens with zero attached hydrogens (tertiary/aromatic N) is 2. The molecule has 0 aromatic heterocycles. The van der Waals surface area contributed by atoms with Crippen molar-refractivity contribution < 1.29 is 17.9 Å². The van der Waals surface area contributed by atoms with Crippen LogP contribution in [0.4, 0.5) is 5.69 Å². The highest BCUT2D eigenvalue weighted by Gasteiger charge is 2.49. The van der Waals surface area contributed by atoms with Crippen molar-refractivity contribution in [1.29, 1.82) is 0 Å². The standard InChI is InChI=1S/C26H24N2O4S2/c29-25(15-19-7-3-1-4-8-19)27-26-28(23-17-34(30,31)18-24(23)33-26)21-11-13-22(14-12-21)32-16-20-9-5-2-6-10-20/h1-14,23-24H,15-18H2/t23-,24+/m0/s1. The molecule has 0 N–H and O–H groups in total.